The van der Waals surface area contributed by atoms with Gasteiger partial charge in [0.25, 0.3) is 0 Å². The van der Waals surface area contributed by atoms with Gasteiger partial charge in [-0.3, -0.25) is 0 Å². The van der Waals surface area contributed by atoms with E-state index in [-0.39, 0.29) is 7.05 Å². The number of hydrogen-bond acceptors (Lipinski definition) is 4. The second-order valence-corrected chi connectivity index (χ2v) is 6.24. The van der Waals surface area contributed by atoms with E-state index in [0.717, 1.165) is 25.0 Å². The van der Waals surface area contributed by atoms with E-state index in [1.54, 1.807) is 0 Å². The minimum atomic E-state index is -0.311. The molecule has 3 rings (SSSR count). The monoisotopic (exact) mass is 279 g/mol. The van der Waals surface area contributed by atoms with Gasteiger partial charge in [0.05, 0.1) is 5.69 Å². The van der Waals surface area contributed by atoms with Crippen LogP contribution in [0.2, 0.25) is 12.0 Å². The summed E-state index contributed by atoms with van der Waals surface area (Å²) in [6, 6.07) is 4.87. The van der Waals surface area contributed by atoms with Gasteiger partial charge in [0.15, 0.2) is 5.15 Å². The highest BCUT2D eigenvalue weighted by atomic mass is 35.5. The maximum absolute atomic E-state index is 9.85. The van der Waals surface area contributed by atoms with E-state index in [9.17, 15) is 5.02 Å². The highest BCUT2D eigenvalue weighted by molar-refractivity contribution is 6.45. The van der Waals surface area contributed by atoms with Gasteiger partial charge in [-0.05, 0) is 57.0 Å². The topological polar surface area (TPSA) is 49.2 Å². The SMILES string of the molecule is CB(O)N1[C@@H]2CC[C@H]1CC(Cc1ccc(Cl)nn1)C2. The zero-order valence-corrected chi connectivity index (χ0v) is 11.9. The van der Waals surface area contributed by atoms with Gasteiger partial charge in [-0.2, -0.15) is 5.10 Å². The fraction of sp³-hybridized carbons (Fsp3) is 0.692. The smallest absolute Gasteiger partial charge is 0.376 e. The molecule has 19 heavy (non-hydrogen) atoms. The summed E-state index contributed by atoms with van der Waals surface area (Å²) in [5, 5.41) is 18.4. The summed E-state index contributed by atoms with van der Waals surface area (Å²) in [6.07, 6.45) is 5.74. The molecule has 0 spiro atoms. The Bertz CT molecular complexity index is 428. The predicted octanol–water partition coefficient (Wildman–Crippen LogP) is 2.03. The van der Waals surface area contributed by atoms with Crippen LogP contribution in [0.15, 0.2) is 12.1 Å². The number of halogens is 1. The first-order valence-corrected chi connectivity index (χ1v) is 7.45. The summed E-state index contributed by atoms with van der Waals surface area (Å²) in [5.74, 6) is 0.656. The highest BCUT2D eigenvalue weighted by Gasteiger charge is 2.43. The summed E-state index contributed by atoms with van der Waals surface area (Å²) in [6.45, 7) is 1.89. The van der Waals surface area contributed by atoms with E-state index >= 15 is 0 Å². The van der Waals surface area contributed by atoms with Crippen LogP contribution in [0, 0.1) is 5.92 Å². The van der Waals surface area contributed by atoms with Crippen LogP contribution in [-0.2, 0) is 6.42 Å². The Labute approximate surface area is 119 Å². The fourth-order valence-electron chi connectivity index (χ4n) is 3.85. The summed E-state index contributed by atoms with van der Waals surface area (Å²) in [4.78, 5) is 2.30. The van der Waals surface area contributed by atoms with Crippen molar-refractivity contribution in [3.63, 3.8) is 0 Å². The Morgan fingerprint density at radius 3 is 2.53 bits per heavy atom. The van der Waals surface area contributed by atoms with Crippen molar-refractivity contribution in [3.05, 3.63) is 23.0 Å². The van der Waals surface area contributed by atoms with Crippen molar-refractivity contribution in [1.82, 2.24) is 15.0 Å². The molecular formula is C13H19BClN3O. The zero-order chi connectivity index (χ0) is 13.4. The number of hydrogen-bond donors (Lipinski definition) is 1. The Morgan fingerprint density at radius 2 is 2.00 bits per heavy atom. The summed E-state index contributed by atoms with van der Waals surface area (Å²) in [5.41, 5.74) is 1.03. The average molecular weight is 280 g/mol. The summed E-state index contributed by atoms with van der Waals surface area (Å²) < 4.78 is 0. The lowest BCUT2D eigenvalue weighted by atomic mass is 9.76. The van der Waals surface area contributed by atoms with Gasteiger partial charge in [0, 0.05) is 12.1 Å². The molecular weight excluding hydrogens is 260 g/mol. The van der Waals surface area contributed by atoms with Gasteiger partial charge in [-0.25, -0.2) is 0 Å². The second-order valence-electron chi connectivity index (χ2n) is 5.85. The van der Waals surface area contributed by atoms with Gasteiger partial charge >= 0.3 is 7.05 Å². The minimum absolute atomic E-state index is 0.311. The summed E-state index contributed by atoms with van der Waals surface area (Å²) >= 11 is 5.76. The van der Waals surface area contributed by atoms with Gasteiger partial charge in [-0.1, -0.05) is 11.6 Å². The van der Waals surface area contributed by atoms with Crippen molar-refractivity contribution in [1.29, 1.82) is 0 Å². The molecule has 2 fully saturated rings. The van der Waals surface area contributed by atoms with E-state index in [1.165, 1.54) is 12.8 Å². The lowest BCUT2D eigenvalue weighted by Gasteiger charge is -2.39. The van der Waals surface area contributed by atoms with Crippen LogP contribution in [0.4, 0.5) is 0 Å². The third-order valence-corrected chi connectivity index (χ3v) is 4.71. The third kappa shape index (κ3) is 2.78. The van der Waals surface area contributed by atoms with Crippen LogP contribution in [0.1, 0.15) is 31.4 Å². The van der Waals surface area contributed by atoms with Crippen LogP contribution in [0.25, 0.3) is 0 Å². The van der Waals surface area contributed by atoms with E-state index in [4.69, 9.17) is 11.6 Å². The Morgan fingerprint density at radius 1 is 1.32 bits per heavy atom. The van der Waals surface area contributed by atoms with Gasteiger partial charge in [-0.15, -0.1) is 5.10 Å². The third-order valence-electron chi connectivity index (χ3n) is 4.50. The molecule has 2 aliphatic heterocycles. The number of fused-ring (bicyclic) bond motifs is 2. The highest BCUT2D eigenvalue weighted by Crippen LogP contribution is 2.39. The van der Waals surface area contributed by atoms with E-state index in [1.807, 2.05) is 19.0 Å². The number of aromatic nitrogens is 2. The molecule has 1 aromatic rings. The Balaban J connectivity index is 1.65. The maximum Gasteiger partial charge on any atom is 0.376 e. The first kappa shape index (κ1) is 13.3. The van der Waals surface area contributed by atoms with Crippen LogP contribution in [0.3, 0.4) is 0 Å². The Hall–Kier alpha value is -0.645. The molecule has 0 aromatic carbocycles. The molecule has 0 amide bonds. The molecule has 2 bridgehead atoms. The van der Waals surface area contributed by atoms with Crippen molar-refractivity contribution in [2.75, 3.05) is 0 Å². The van der Waals surface area contributed by atoms with E-state index in [2.05, 4.69) is 15.0 Å². The first-order valence-electron chi connectivity index (χ1n) is 7.07. The molecule has 3 atom stereocenters. The van der Waals surface area contributed by atoms with Gasteiger partial charge in [0.1, 0.15) is 0 Å². The molecule has 0 radical (unpaired) electrons. The van der Waals surface area contributed by atoms with Crippen molar-refractivity contribution < 1.29 is 5.02 Å². The predicted molar refractivity (Wildman–Crippen MR) is 76.0 cm³/mol. The number of nitrogens with zero attached hydrogens (tertiary/aromatic N) is 3. The standard InChI is InChI=1S/C13H19BClN3O/c1-14(19)18-11-3-4-12(18)8-9(7-11)6-10-2-5-13(15)17-16-10/h2,5,9,11-12,19H,3-4,6-8H2,1H3/t9?,11-,12+. The Kier molecular flexibility index (Phi) is 3.78. The quantitative estimate of drug-likeness (QED) is 0.860. The normalized spacial score (nSPS) is 30.6. The number of rotatable bonds is 3. The van der Waals surface area contributed by atoms with Crippen LogP contribution in [-0.4, -0.2) is 39.2 Å². The van der Waals surface area contributed by atoms with Crippen molar-refractivity contribution >= 4 is 18.7 Å². The molecule has 1 unspecified atom stereocenters. The molecule has 1 aromatic heterocycles. The van der Waals surface area contributed by atoms with Crippen molar-refractivity contribution in [2.45, 2.75) is 51.0 Å². The fourth-order valence-corrected chi connectivity index (χ4v) is 3.95. The van der Waals surface area contributed by atoms with Crippen molar-refractivity contribution in [2.24, 2.45) is 5.92 Å². The second kappa shape index (κ2) is 5.39. The average Bonchev–Trinajstić information content (AvgIpc) is 2.65. The zero-order valence-electron chi connectivity index (χ0n) is 11.2. The van der Waals surface area contributed by atoms with E-state index < -0.39 is 0 Å². The first-order chi connectivity index (χ1) is 9.13. The molecule has 4 nitrogen and oxygen atoms in total. The molecule has 1 N–H and O–H groups in total. The van der Waals surface area contributed by atoms with E-state index in [0.29, 0.717) is 23.2 Å². The molecule has 6 heteroatoms. The van der Waals surface area contributed by atoms with Gasteiger partial charge < -0.3 is 9.83 Å². The lowest BCUT2D eigenvalue weighted by Crippen LogP contribution is -2.50. The minimum Gasteiger partial charge on any atom is -0.437 e. The molecule has 102 valence electrons. The van der Waals surface area contributed by atoms with Crippen LogP contribution >= 0.6 is 11.6 Å². The molecule has 2 saturated heterocycles. The summed E-state index contributed by atoms with van der Waals surface area (Å²) in [7, 11) is -0.311. The maximum atomic E-state index is 9.85. The lowest BCUT2D eigenvalue weighted by molar-refractivity contribution is 0.168. The number of piperidine rings is 1. The largest absolute Gasteiger partial charge is 0.437 e. The molecule has 3 heterocycles. The van der Waals surface area contributed by atoms with Crippen molar-refractivity contribution in [3.8, 4) is 0 Å². The molecule has 2 aliphatic rings. The molecule has 0 saturated carbocycles. The molecule has 0 aliphatic carbocycles. The van der Waals surface area contributed by atoms with Gasteiger partial charge in [0.2, 0.25) is 0 Å². The van der Waals surface area contributed by atoms with Crippen LogP contribution < -0.4 is 0 Å². The van der Waals surface area contributed by atoms with Crippen LogP contribution in [0.5, 0.6) is 0 Å².